The number of ether oxygens (including phenoxy) is 1. The Hall–Kier alpha value is -2.62. The van der Waals surface area contributed by atoms with Gasteiger partial charge >= 0.3 is 0 Å². The first-order chi connectivity index (χ1) is 12.2. The molecule has 1 amide bonds. The molecule has 4 rings (SSSR count). The molecule has 128 valence electrons. The summed E-state index contributed by atoms with van der Waals surface area (Å²) in [6, 6.07) is 18.8. The highest BCUT2D eigenvalue weighted by molar-refractivity contribution is 5.85. The number of amides is 1. The van der Waals surface area contributed by atoms with E-state index in [0.717, 1.165) is 31.2 Å². The molecule has 0 bridgehead atoms. The first-order valence-corrected chi connectivity index (χ1v) is 8.88. The minimum absolute atomic E-state index is 0.0451. The molecule has 1 saturated carbocycles. The number of carbonyl (C=O) groups is 1. The van der Waals surface area contributed by atoms with E-state index >= 15 is 0 Å². The summed E-state index contributed by atoms with van der Waals surface area (Å²) in [7, 11) is 0. The maximum atomic E-state index is 11.9. The van der Waals surface area contributed by atoms with Crippen molar-refractivity contribution in [3.63, 3.8) is 0 Å². The van der Waals surface area contributed by atoms with Crippen LogP contribution in [0.15, 0.2) is 59.7 Å². The molecular formula is C21H22N2O2. The lowest BCUT2D eigenvalue weighted by atomic mass is 10.0. The van der Waals surface area contributed by atoms with Gasteiger partial charge in [-0.1, -0.05) is 54.6 Å². The lowest BCUT2D eigenvalue weighted by molar-refractivity contribution is -0.146. The Labute approximate surface area is 148 Å². The van der Waals surface area contributed by atoms with Crippen molar-refractivity contribution in [2.75, 3.05) is 0 Å². The van der Waals surface area contributed by atoms with E-state index in [-0.39, 0.29) is 5.91 Å². The second-order valence-electron chi connectivity index (χ2n) is 6.82. The standard InChI is InChI=1S/C21H22N2O2/c1-16(24)23-21(13-5-6-14-21)25-20(22-23)15-17-9-11-19(12-10-17)18-7-3-2-4-8-18/h2-4,7-12H,5-6,13-15H2,1H3. The summed E-state index contributed by atoms with van der Waals surface area (Å²) >= 11 is 0. The highest BCUT2D eigenvalue weighted by Gasteiger charge is 2.48. The van der Waals surface area contributed by atoms with Gasteiger partial charge in [0.15, 0.2) is 0 Å². The zero-order chi connectivity index (χ0) is 17.3. The van der Waals surface area contributed by atoms with Crippen LogP contribution in [0, 0.1) is 0 Å². The molecule has 2 aromatic rings. The molecule has 1 fully saturated rings. The van der Waals surface area contributed by atoms with Crippen molar-refractivity contribution >= 4 is 11.8 Å². The maximum Gasteiger partial charge on any atom is 0.243 e. The van der Waals surface area contributed by atoms with Gasteiger partial charge in [0.1, 0.15) is 0 Å². The Balaban J connectivity index is 1.51. The summed E-state index contributed by atoms with van der Waals surface area (Å²) in [5.74, 6) is 0.598. The molecule has 2 aliphatic rings. The minimum atomic E-state index is -0.523. The summed E-state index contributed by atoms with van der Waals surface area (Å²) in [4.78, 5) is 11.9. The summed E-state index contributed by atoms with van der Waals surface area (Å²) in [6.45, 7) is 1.56. The fourth-order valence-electron chi connectivity index (χ4n) is 3.78. The normalized spacial score (nSPS) is 18.3. The van der Waals surface area contributed by atoms with Crippen LogP contribution in [0.25, 0.3) is 11.1 Å². The van der Waals surface area contributed by atoms with E-state index in [4.69, 9.17) is 4.74 Å². The van der Waals surface area contributed by atoms with Gasteiger partial charge in [-0.2, -0.15) is 5.01 Å². The lowest BCUT2D eigenvalue weighted by Gasteiger charge is -2.30. The average molecular weight is 334 g/mol. The van der Waals surface area contributed by atoms with Gasteiger partial charge in [-0.05, 0) is 29.5 Å². The lowest BCUT2D eigenvalue weighted by Crippen LogP contribution is -2.44. The SMILES string of the molecule is CC(=O)N1N=C(Cc2ccc(-c3ccccc3)cc2)OC12CCCC2. The van der Waals surface area contributed by atoms with E-state index in [1.165, 1.54) is 11.1 Å². The van der Waals surface area contributed by atoms with Crippen LogP contribution in [0.3, 0.4) is 0 Å². The summed E-state index contributed by atoms with van der Waals surface area (Å²) in [6.07, 6.45) is 4.51. The van der Waals surface area contributed by atoms with Crippen LogP contribution in [-0.4, -0.2) is 22.5 Å². The van der Waals surface area contributed by atoms with Gasteiger partial charge in [0.05, 0.1) is 6.42 Å². The number of nitrogens with zero attached hydrogens (tertiary/aromatic N) is 2. The number of rotatable bonds is 3. The Morgan fingerprint density at radius 1 is 1.04 bits per heavy atom. The van der Waals surface area contributed by atoms with Crippen LogP contribution in [0.2, 0.25) is 0 Å². The molecule has 0 saturated heterocycles. The average Bonchev–Trinajstić information content (AvgIpc) is 3.24. The molecule has 1 aliphatic carbocycles. The number of carbonyl (C=O) groups excluding carboxylic acids is 1. The highest BCUT2D eigenvalue weighted by Crippen LogP contribution is 2.40. The third kappa shape index (κ3) is 3.04. The molecule has 2 aromatic carbocycles. The Kier molecular flexibility index (Phi) is 4.04. The fourth-order valence-corrected chi connectivity index (χ4v) is 3.78. The van der Waals surface area contributed by atoms with E-state index in [0.29, 0.717) is 12.3 Å². The van der Waals surface area contributed by atoms with E-state index in [1.807, 2.05) is 18.2 Å². The molecular weight excluding hydrogens is 312 g/mol. The topological polar surface area (TPSA) is 41.9 Å². The molecule has 25 heavy (non-hydrogen) atoms. The summed E-state index contributed by atoms with van der Waals surface area (Å²) < 4.78 is 6.16. The van der Waals surface area contributed by atoms with Crippen LogP contribution < -0.4 is 0 Å². The smallest absolute Gasteiger partial charge is 0.243 e. The quantitative estimate of drug-likeness (QED) is 0.837. The van der Waals surface area contributed by atoms with Crippen LogP contribution in [0.4, 0.5) is 0 Å². The largest absolute Gasteiger partial charge is 0.451 e. The van der Waals surface area contributed by atoms with Crippen molar-refractivity contribution in [2.45, 2.75) is 44.8 Å². The Bertz CT molecular complexity index is 790. The highest BCUT2D eigenvalue weighted by atomic mass is 16.6. The maximum absolute atomic E-state index is 11.9. The number of hydrogen-bond donors (Lipinski definition) is 0. The number of hydrogen-bond acceptors (Lipinski definition) is 3. The predicted octanol–water partition coefficient (Wildman–Crippen LogP) is 4.36. The van der Waals surface area contributed by atoms with Crippen LogP contribution in [0.5, 0.6) is 0 Å². The van der Waals surface area contributed by atoms with E-state index in [9.17, 15) is 4.79 Å². The van der Waals surface area contributed by atoms with Gasteiger partial charge in [-0.25, -0.2) is 0 Å². The Morgan fingerprint density at radius 3 is 2.32 bits per heavy atom. The van der Waals surface area contributed by atoms with Gasteiger partial charge in [0.25, 0.3) is 0 Å². The molecule has 1 spiro atoms. The number of benzene rings is 2. The van der Waals surface area contributed by atoms with Gasteiger partial charge < -0.3 is 4.74 Å². The second-order valence-corrected chi connectivity index (χ2v) is 6.82. The molecule has 1 heterocycles. The zero-order valence-electron chi connectivity index (χ0n) is 14.4. The van der Waals surface area contributed by atoms with Crippen LogP contribution in [-0.2, 0) is 16.0 Å². The Morgan fingerprint density at radius 2 is 1.68 bits per heavy atom. The zero-order valence-corrected chi connectivity index (χ0v) is 14.4. The molecule has 0 N–H and O–H groups in total. The third-order valence-electron chi connectivity index (χ3n) is 5.00. The van der Waals surface area contributed by atoms with Gasteiger partial charge in [-0.15, -0.1) is 5.10 Å². The molecule has 0 radical (unpaired) electrons. The van der Waals surface area contributed by atoms with E-state index < -0.39 is 5.72 Å². The molecule has 1 aliphatic heterocycles. The van der Waals surface area contributed by atoms with Crippen molar-refractivity contribution < 1.29 is 9.53 Å². The van der Waals surface area contributed by atoms with E-state index in [2.05, 4.69) is 41.5 Å². The molecule has 0 atom stereocenters. The minimum Gasteiger partial charge on any atom is -0.451 e. The van der Waals surface area contributed by atoms with Crippen molar-refractivity contribution in [3.05, 3.63) is 60.2 Å². The number of hydrazone groups is 1. The molecule has 4 heteroatoms. The third-order valence-corrected chi connectivity index (χ3v) is 5.00. The van der Waals surface area contributed by atoms with Crippen molar-refractivity contribution in [3.8, 4) is 11.1 Å². The van der Waals surface area contributed by atoms with Gasteiger partial charge in [0.2, 0.25) is 17.5 Å². The van der Waals surface area contributed by atoms with Crippen LogP contribution in [0.1, 0.15) is 38.2 Å². The van der Waals surface area contributed by atoms with E-state index in [1.54, 1.807) is 11.9 Å². The van der Waals surface area contributed by atoms with Crippen molar-refractivity contribution in [2.24, 2.45) is 5.10 Å². The van der Waals surface area contributed by atoms with Gasteiger partial charge in [0, 0.05) is 19.8 Å². The van der Waals surface area contributed by atoms with Crippen LogP contribution >= 0.6 is 0 Å². The summed E-state index contributed by atoms with van der Waals surface area (Å²) in [5.41, 5.74) is 3.01. The first-order valence-electron chi connectivity index (χ1n) is 8.88. The predicted molar refractivity (Wildman–Crippen MR) is 97.8 cm³/mol. The first kappa shape index (κ1) is 15.9. The molecule has 0 unspecified atom stereocenters. The summed E-state index contributed by atoms with van der Waals surface area (Å²) in [5, 5.41) is 6.04. The fraction of sp³-hybridized carbons (Fsp3) is 0.333. The second kappa shape index (κ2) is 6.36. The monoisotopic (exact) mass is 334 g/mol. The van der Waals surface area contributed by atoms with Crippen molar-refractivity contribution in [1.29, 1.82) is 0 Å². The van der Waals surface area contributed by atoms with Crippen molar-refractivity contribution in [1.82, 2.24) is 5.01 Å². The molecule has 0 aromatic heterocycles. The molecule has 4 nitrogen and oxygen atoms in total. The van der Waals surface area contributed by atoms with Gasteiger partial charge in [-0.3, -0.25) is 4.79 Å².